The van der Waals surface area contributed by atoms with E-state index in [0.29, 0.717) is 37.8 Å². The second-order valence-corrected chi connectivity index (χ2v) is 5.51. The summed E-state index contributed by atoms with van der Waals surface area (Å²) in [5, 5.41) is 0. The van der Waals surface area contributed by atoms with Crippen molar-refractivity contribution in [2.24, 2.45) is 0 Å². The van der Waals surface area contributed by atoms with Crippen molar-refractivity contribution < 1.29 is 17.9 Å². The van der Waals surface area contributed by atoms with E-state index >= 15 is 0 Å². The van der Waals surface area contributed by atoms with Crippen LogP contribution in [0.5, 0.6) is 5.75 Å². The summed E-state index contributed by atoms with van der Waals surface area (Å²) < 4.78 is 36.6. The van der Waals surface area contributed by atoms with Crippen LogP contribution in [0.1, 0.15) is 13.8 Å². The minimum absolute atomic E-state index is 0.134. The minimum atomic E-state index is -3.50. The van der Waals surface area contributed by atoms with E-state index in [4.69, 9.17) is 15.2 Å². The van der Waals surface area contributed by atoms with Crippen molar-refractivity contribution in [3.8, 4) is 5.75 Å². The van der Waals surface area contributed by atoms with Crippen molar-refractivity contribution >= 4 is 15.7 Å². The summed E-state index contributed by atoms with van der Waals surface area (Å²) in [5.74, 6) is 0.346. The smallest absolute Gasteiger partial charge is 0.240 e. The van der Waals surface area contributed by atoms with E-state index in [1.54, 1.807) is 6.92 Å². The number of ether oxygens (including phenoxy) is 2. The van der Waals surface area contributed by atoms with Gasteiger partial charge in [0.15, 0.2) is 0 Å². The van der Waals surface area contributed by atoms with Crippen molar-refractivity contribution in [1.29, 1.82) is 0 Å². The highest BCUT2D eigenvalue weighted by atomic mass is 32.2. The molecule has 1 rings (SSSR count). The molecule has 0 aromatic heterocycles. The molecule has 19 heavy (non-hydrogen) atoms. The zero-order valence-corrected chi connectivity index (χ0v) is 12.0. The average molecular weight is 288 g/mol. The van der Waals surface area contributed by atoms with Gasteiger partial charge in [0.25, 0.3) is 0 Å². The molecule has 108 valence electrons. The van der Waals surface area contributed by atoms with Gasteiger partial charge in [-0.25, -0.2) is 13.1 Å². The summed E-state index contributed by atoms with van der Waals surface area (Å²) in [6.07, 6.45) is 0. The molecular weight excluding hydrogens is 268 g/mol. The van der Waals surface area contributed by atoms with Crippen molar-refractivity contribution in [3.63, 3.8) is 0 Å². The maximum Gasteiger partial charge on any atom is 0.240 e. The minimum Gasteiger partial charge on any atom is -0.489 e. The molecule has 0 aliphatic heterocycles. The van der Waals surface area contributed by atoms with E-state index in [-0.39, 0.29) is 4.90 Å². The first-order valence-corrected chi connectivity index (χ1v) is 7.59. The van der Waals surface area contributed by atoms with Crippen LogP contribution in [0.25, 0.3) is 0 Å². The topological polar surface area (TPSA) is 90.7 Å². The third-order valence-corrected chi connectivity index (χ3v) is 3.86. The Balaban J connectivity index is 2.82. The van der Waals surface area contributed by atoms with Gasteiger partial charge in [0, 0.05) is 19.2 Å². The Morgan fingerprint density at radius 1 is 1.26 bits per heavy atom. The Morgan fingerprint density at radius 3 is 2.63 bits per heavy atom. The van der Waals surface area contributed by atoms with Gasteiger partial charge in [0.05, 0.1) is 17.2 Å². The predicted octanol–water partition coefficient (Wildman–Crippen LogP) is 0.982. The standard InChI is InChI=1S/C12H20N2O4S/c1-3-14-19(15,16)10-5-6-11(13)12(9-10)18-8-7-17-4-2/h5-6,9,14H,3-4,7-8,13H2,1-2H3. The number of sulfonamides is 1. The SMILES string of the molecule is CCNS(=O)(=O)c1ccc(N)c(OCCOCC)c1. The zero-order valence-electron chi connectivity index (χ0n) is 11.2. The summed E-state index contributed by atoms with van der Waals surface area (Å²) in [7, 11) is -3.50. The number of nitrogen functional groups attached to an aromatic ring is 1. The van der Waals surface area contributed by atoms with E-state index in [2.05, 4.69) is 4.72 Å². The van der Waals surface area contributed by atoms with E-state index in [1.807, 2.05) is 6.92 Å². The van der Waals surface area contributed by atoms with Crippen LogP contribution in [0.3, 0.4) is 0 Å². The van der Waals surface area contributed by atoms with Crippen molar-refractivity contribution in [1.82, 2.24) is 4.72 Å². The number of anilines is 1. The largest absolute Gasteiger partial charge is 0.489 e. The van der Waals surface area contributed by atoms with Gasteiger partial charge in [0.1, 0.15) is 12.4 Å². The number of rotatable bonds is 8. The van der Waals surface area contributed by atoms with E-state index in [0.717, 1.165) is 0 Å². The molecule has 0 saturated heterocycles. The number of hydrogen-bond donors (Lipinski definition) is 2. The summed E-state index contributed by atoms with van der Waals surface area (Å²) in [4.78, 5) is 0.134. The Bertz CT molecular complexity index is 502. The third-order valence-electron chi connectivity index (χ3n) is 2.32. The molecule has 0 unspecified atom stereocenters. The fourth-order valence-electron chi connectivity index (χ4n) is 1.44. The molecule has 0 aliphatic carbocycles. The molecule has 7 heteroatoms. The first-order chi connectivity index (χ1) is 9.01. The second-order valence-electron chi connectivity index (χ2n) is 3.75. The normalized spacial score (nSPS) is 11.5. The molecule has 0 radical (unpaired) electrons. The van der Waals surface area contributed by atoms with E-state index < -0.39 is 10.0 Å². The van der Waals surface area contributed by atoms with Gasteiger partial charge in [0.2, 0.25) is 10.0 Å². The highest BCUT2D eigenvalue weighted by Gasteiger charge is 2.14. The molecule has 0 fully saturated rings. The van der Waals surface area contributed by atoms with Gasteiger partial charge < -0.3 is 15.2 Å². The van der Waals surface area contributed by atoms with Gasteiger partial charge in [-0.2, -0.15) is 0 Å². The second kappa shape index (κ2) is 7.32. The summed E-state index contributed by atoms with van der Waals surface area (Å²) >= 11 is 0. The van der Waals surface area contributed by atoms with Crippen LogP contribution in [-0.4, -0.2) is 34.8 Å². The van der Waals surface area contributed by atoms with Gasteiger partial charge >= 0.3 is 0 Å². The molecule has 0 atom stereocenters. The van der Waals surface area contributed by atoms with Crippen LogP contribution in [0.4, 0.5) is 5.69 Å². The molecule has 3 N–H and O–H groups in total. The zero-order chi connectivity index (χ0) is 14.3. The summed E-state index contributed by atoms with van der Waals surface area (Å²) in [5.41, 5.74) is 6.14. The number of nitrogens with one attached hydrogen (secondary N) is 1. The number of nitrogens with two attached hydrogens (primary N) is 1. The van der Waals surface area contributed by atoms with E-state index in [9.17, 15) is 8.42 Å². The van der Waals surface area contributed by atoms with Crippen molar-refractivity contribution in [2.75, 3.05) is 32.1 Å². The number of benzene rings is 1. The molecule has 0 amide bonds. The van der Waals surface area contributed by atoms with Crippen LogP contribution in [0, 0.1) is 0 Å². The highest BCUT2D eigenvalue weighted by Crippen LogP contribution is 2.25. The lowest BCUT2D eigenvalue weighted by atomic mass is 10.3. The highest BCUT2D eigenvalue weighted by molar-refractivity contribution is 7.89. The van der Waals surface area contributed by atoms with Crippen LogP contribution >= 0.6 is 0 Å². The lowest BCUT2D eigenvalue weighted by Gasteiger charge is -2.11. The maximum absolute atomic E-state index is 11.8. The predicted molar refractivity (Wildman–Crippen MR) is 73.7 cm³/mol. The fourth-order valence-corrected chi connectivity index (χ4v) is 2.49. The Morgan fingerprint density at radius 2 is 2.00 bits per heavy atom. The van der Waals surface area contributed by atoms with Crippen LogP contribution in [0.2, 0.25) is 0 Å². The molecule has 0 bridgehead atoms. The van der Waals surface area contributed by atoms with Gasteiger partial charge in [-0.05, 0) is 19.1 Å². The number of hydrogen-bond acceptors (Lipinski definition) is 5. The van der Waals surface area contributed by atoms with Crippen LogP contribution < -0.4 is 15.2 Å². The first-order valence-electron chi connectivity index (χ1n) is 6.11. The van der Waals surface area contributed by atoms with Gasteiger partial charge in [-0.3, -0.25) is 0 Å². The molecule has 0 spiro atoms. The molecule has 1 aromatic carbocycles. The van der Waals surface area contributed by atoms with Crippen LogP contribution in [-0.2, 0) is 14.8 Å². The molecule has 0 aliphatic rings. The first kappa shape index (κ1) is 15.7. The maximum atomic E-state index is 11.8. The lowest BCUT2D eigenvalue weighted by Crippen LogP contribution is -2.23. The van der Waals surface area contributed by atoms with Crippen LogP contribution in [0.15, 0.2) is 23.1 Å². The Labute approximate surface area is 113 Å². The van der Waals surface area contributed by atoms with Crippen molar-refractivity contribution in [3.05, 3.63) is 18.2 Å². The fraction of sp³-hybridized carbons (Fsp3) is 0.500. The van der Waals surface area contributed by atoms with Crippen molar-refractivity contribution in [2.45, 2.75) is 18.7 Å². The molecular formula is C12H20N2O4S. The Hall–Kier alpha value is -1.31. The monoisotopic (exact) mass is 288 g/mol. The third kappa shape index (κ3) is 4.70. The summed E-state index contributed by atoms with van der Waals surface area (Å²) in [6, 6.07) is 4.38. The van der Waals surface area contributed by atoms with Gasteiger partial charge in [-0.15, -0.1) is 0 Å². The molecule has 0 saturated carbocycles. The van der Waals surface area contributed by atoms with E-state index in [1.165, 1.54) is 18.2 Å². The lowest BCUT2D eigenvalue weighted by molar-refractivity contribution is 0.110. The quantitative estimate of drug-likeness (QED) is 0.550. The molecule has 0 heterocycles. The van der Waals surface area contributed by atoms with Gasteiger partial charge in [-0.1, -0.05) is 6.92 Å². The molecule has 6 nitrogen and oxygen atoms in total. The molecule has 1 aromatic rings. The Kier molecular flexibility index (Phi) is 6.07. The average Bonchev–Trinajstić information content (AvgIpc) is 2.36. The summed E-state index contributed by atoms with van der Waals surface area (Å²) in [6.45, 7) is 5.29.